The number of hydrogen-bond donors (Lipinski definition) is 0. The number of fused-ring (bicyclic) bond motifs is 1. The van der Waals surface area contributed by atoms with Crippen LogP contribution in [0.5, 0.6) is 0 Å². The summed E-state index contributed by atoms with van der Waals surface area (Å²) in [5.74, 6) is 0.228. The van der Waals surface area contributed by atoms with E-state index in [4.69, 9.17) is 16.6 Å². The Labute approximate surface area is 198 Å². The van der Waals surface area contributed by atoms with Crippen LogP contribution in [0.1, 0.15) is 32.1 Å². The fourth-order valence-corrected chi connectivity index (χ4v) is 6.04. The Morgan fingerprint density at radius 3 is 2.53 bits per heavy atom. The number of nitrogens with zero attached hydrogens (tertiary/aromatic N) is 4. The van der Waals surface area contributed by atoms with Gasteiger partial charge in [-0.15, -0.1) is 0 Å². The summed E-state index contributed by atoms with van der Waals surface area (Å²) in [5.41, 5.74) is 2.00. The molecular weight excluding hydrogens is 440 g/mol. The number of hydrogen-bond acceptors (Lipinski definition) is 5. The van der Waals surface area contributed by atoms with E-state index in [2.05, 4.69) is 26.8 Å². The summed E-state index contributed by atoms with van der Waals surface area (Å²) in [6, 6.07) is 16.4. The molecule has 1 saturated carbocycles. The van der Waals surface area contributed by atoms with Crippen molar-refractivity contribution in [2.24, 2.45) is 0 Å². The standard InChI is InChI=1S/C25H29ClN4OS/c26-19-11-12-23-22(17-19)27-25(32-23)29-15-13-28(14-16-29)18-24(31)30(20-7-3-1-4-8-20)21-9-5-2-6-10-21/h1,3-4,7-8,11-12,17,21H,2,5-6,9-10,13-16,18H2. The van der Waals surface area contributed by atoms with Gasteiger partial charge in [-0.25, -0.2) is 4.98 Å². The molecule has 1 amide bonds. The number of aromatic nitrogens is 1. The molecule has 0 atom stereocenters. The highest BCUT2D eigenvalue weighted by atomic mass is 35.5. The van der Waals surface area contributed by atoms with Gasteiger partial charge >= 0.3 is 0 Å². The Balaban J connectivity index is 1.23. The molecule has 7 heteroatoms. The molecule has 1 aliphatic heterocycles. The van der Waals surface area contributed by atoms with Crippen LogP contribution in [0, 0.1) is 0 Å². The van der Waals surface area contributed by atoms with Crippen molar-refractivity contribution in [2.75, 3.05) is 42.5 Å². The third-order valence-electron chi connectivity index (χ3n) is 6.58. The first-order valence-corrected chi connectivity index (χ1v) is 12.8. The van der Waals surface area contributed by atoms with Crippen LogP contribution < -0.4 is 9.80 Å². The molecule has 2 heterocycles. The Hall–Kier alpha value is -2.15. The molecule has 1 aromatic heterocycles. The molecule has 168 valence electrons. The highest BCUT2D eigenvalue weighted by molar-refractivity contribution is 7.22. The lowest BCUT2D eigenvalue weighted by molar-refractivity contribution is -0.120. The van der Waals surface area contributed by atoms with Crippen molar-refractivity contribution in [3.63, 3.8) is 0 Å². The topological polar surface area (TPSA) is 39.7 Å². The van der Waals surface area contributed by atoms with Crippen LogP contribution in [0.2, 0.25) is 5.02 Å². The first kappa shape index (κ1) is 21.7. The fourth-order valence-electron chi connectivity index (χ4n) is 4.87. The van der Waals surface area contributed by atoms with Crippen LogP contribution in [0.15, 0.2) is 48.5 Å². The lowest BCUT2D eigenvalue weighted by Gasteiger charge is -2.38. The van der Waals surface area contributed by atoms with E-state index in [0.717, 1.165) is 65.1 Å². The van der Waals surface area contributed by atoms with Crippen molar-refractivity contribution in [2.45, 2.75) is 38.1 Å². The molecule has 2 fully saturated rings. The lowest BCUT2D eigenvalue weighted by Crippen LogP contribution is -2.52. The molecule has 2 aromatic carbocycles. The molecule has 1 aliphatic carbocycles. The summed E-state index contributed by atoms with van der Waals surface area (Å²) < 4.78 is 1.16. The second kappa shape index (κ2) is 9.77. The molecule has 5 nitrogen and oxygen atoms in total. The van der Waals surface area contributed by atoms with Gasteiger partial charge in [0.1, 0.15) is 0 Å². The highest BCUT2D eigenvalue weighted by Gasteiger charge is 2.29. The summed E-state index contributed by atoms with van der Waals surface area (Å²) in [6.07, 6.45) is 5.93. The normalized spacial score (nSPS) is 18.2. The number of para-hydroxylation sites is 1. The number of benzene rings is 2. The number of piperazine rings is 1. The van der Waals surface area contributed by atoms with Gasteiger partial charge in [0.05, 0.1) is 16.8 Å². The monoisotopic (exact) mass is 468 g/mol. The molecule has 1 saturated heterocycles. The number of carbonyl (C=O) groups is 1. The number of anilines is 2. The summed E-state index contributed by atoms with van der Waals surface area (Å²) in [6.45, 7) is 3.99. The molecule has 2 aliphatic rings. The van der Waals surface area contributed by atoms with Crippen LogP contribution in [0.25, 0.3) is 10.2 Å². The summed E-state index contributed by atoms with van der Waals surface area (Å²) >= 11 is 7.83. The maximum absolute atomic E-state index is 13.5. The molecule has 0 radical (unpaired) electrons. The van der Waals surface area contributed by atoms with Gasteiger partial charge in [0.2, 0.25) is 5.91 Å². The number of thiazole rings is 1. The molecular formula is C25H29ClN4OS. The Bertz CT molecular complexity index is 1060. The zero-order valence-electron chi connectivity index (χ0n) is 18.3. The third-order valence-corrected chi connectivity index (χ3v) is 7.92. The van der Waals surface area contributed by atoms with Crippen LogP contribution >= 0.6 is 22.9 Å². The number of carbonyl (C=O) groups excluding carboxylic acids is 1. The van der Waals surface area contributed by atoms with E-state index in [1.807, 2.05) is 36.4 Å². The van der Waals surface area contributed by atoms with E-state index in [0.29, 0.717) is 12.6 Å². The van der Waals surface area contributed by atoms with Gasteiger partial charge < -0.3 is 9.80 Å². The maximum atomic E-state index is 13.5. The minimum atomic E-state index is 0.228. The zero-order chi connectivity index (χ0) is 21.9. The van der Waals surface area contributed by atoms with Crippen molar-refractivity contribution in [3.05, 3.63) is 53.6 Å². The van der Waals surface area contributed by atoms with Crippen LogP contribution in [0.4, 0.5) is 10.8 Å². The lowest BCUT2D eigenvalue weighted by atomic mass is 9.93. The molecule has 0 unspecified atom stereocenters. The Morgan fingerprint density at radius 2 is 1.78 bits per heavy atom. The van der Waals surface area contributed by atoms with E-state index in [-0.39, 0.29) is 5.91 Å². The average molecular weight is 469 g/mol. The molecule has 3 aromatic rings. The molecule has 0 bridgehead atoms. The predicted molar refractivity (Wildman–Crippen MR) is 134 cm³/mol. The van der Waals surface area contributed by atoms with Crippen molar-refractivity contribution < 1.29 is 4.79 Å². The second-order valence-corrected chi connectivity index (χ2v) is 10.2. The number of amides is 1. The van der Waals surface area contributed by atoms with Gasteiger partial charge in [0.15, 0.2) is 5.13 Å². The minimum Gasteiger partial charge on any atom is -0.345 e. The quantitative estimate of drug-likeness (QED) is 0.500. The van der Waals surface area contributed by atoms with Gasteiger partial charge in [0, 0.05) is 42.9 Å². The van der Waals surface area contributed by atoms with Gasteiger partial charge in [-0.3, -0.25) is 9.69 Å². The van der Waals surface area contributed by atoms with Gasteiger partial charge in [-0.1, -0.05) is 60.4 Å². The minimum absolute atomic E-state index is 0.228. The highest BCUT2D eigenvalue weighted by Crippen LogP contribution is 2.31. The van der Waals surface area contributed by atoms with Crippen molar-refractivity contribution >= 4 is 49.9 Å². The molecule has 32 heavy (non-hydrogen) atoms. The zero-order valence-corrected chi connectivity index (χ0v) is 19.8. The fraction of sp³-hybridized carbons (Fsp3) is 0.440. The number of halogens is 1. The second-order valence-electron chi connectivity index (χ2n) is 8.76. The molecule has 0 N–H and O–H groups in total. The molecule has 5 rings (SSSR count). The van der Waals surface area contributed by atoms with E-state index >= 15 is 0 Å². The van der Waals surface area contributed by atoms with E-state index in [1.165, 1.54) is 19.3 Å². The first-order chi connectivity index (χ1) is 15.7. The van der Waals surface area contributed by atoms with Crippen molar-refractivity contribution in [3.8, 4) is 0 Å². The van der Waals surface area contributed by atoms with Crippen molar-refractivity contribution in [1.82, 2.24) is 9.88 Å². The largest absolute Gasteiger partial charge is 0.345 e. The summed E-state index contributed by atoms with van der Waals surface area (Å²) in [4.78, 5) is 24.9. The third kappa shape index (κ3) is 4.77. The van der Waals surface area contributed by atoms with E-state index in [1.54, 1.807) is 11.3 Å². The van der Waals surface area contributed by atoms with Crippen LogP contribution in [-0.4, -0.2) is 54.6 Å². The Morgan fingerprint density at radius 1 is 1.03 bits per heavy atom. The van der Waals surface area contributed by atoms with Gasteiger partial charge in [0.25, 0.3) is 0 Å². The smallest absolute Gasteiger partial charge is 0.241 e. The first-order valence-electron chi connectivity index (χ1n) is 11.6. The summed E-state index contributed by atoms with van der Waals surface area (Å²) in [5, 5.41) is 1.76. The predicted octanol–water partition coefficient (Wildman–Crippen LogP) is 5.44. The molecule has 0 spiro atoms. The SMILES string of the molecule is O=C(CN1CCN(c2nc3cc(Cl)ccc3s2)CC1)N(c1ccccc1)C1CCCCC1. The van der Waals surface area contributed by atoms with Crippen LogP contribution in [0.3, 0.4) is 0 Å². The maximum Gasteiger partial charge on any atom is 0.241 e. The van der Waals surface area contributed by atoms with Gasteiger partial charge in [-0.2, -0.15) is 0 Å². The van der Waals surface area contributed by atoms with Crippen molar-refractivity contribution in [1.29, 1.82) is 0 Å². The van der Waals surface area contributed by atoms with E-state index < -0.39 is 0 Å². The average Bonchev–Trinajstić information content (AvgIpc) is 3.24. The Kier molecular flexibility index (Phi) is 6.62. The van der Waals surface area contributed by atoms with E-state index in [9.17, 15) is 4.79 Å². The summed E-state index contributed by atoms with van der Waals surface area (Å²) in [7, 11) is 0. The number of rotatable bonds is 5. The van der Waals surface area contributed by atoms with Gasteiger partial charge in [-0.05, 0) is 43.2 Å². The van der Waals surface area contributed by atoms with Crippen LogP contribution in [-0.2, 0) is 4.79 Å².